The van der Waals surface area contributed by atoms with Gasteiger partial charge in [0, 0.05) is 0 Å². The standard InChI is InChI=1S/C6H8Br/c1-3-5-6(7)4-2/h6H,3,5H2,1H3. The Labute approximate surface area is 53.4 Å². The first-order valence-electron chi connectivity index (χ1n) is 2.37. The molecule has 0 N–H and O–H groups in total. The van der Waals surface area contributed by atoms with Crippen molar-refractivity contribution in [3.63, 3.8) is 0 Å². The summed E-state index contributed by atoms with van der Waals surface area (Å²) in [6.45, 7) is 2.09. The summed E-state index contributed by atoms with van der Waals surface area (Å²) in [6.07, 6.45) is 8.75. The first-order chi connectivity index (χ1) is 3.31. The van der Waals surface area contributed by atoms with Crippen LogP contribution in [0.25, 0.3) is 0 Å². The second-order valence-corrected chi connectivity index (χ2v) is 2.51. The van der Waals surface area contributed by atoms with Crippen LogP contribution in [0.15, 0.2) is 0 Å². The van der Waals surface area contributed by atoms with E-state index in [4.69, 9.17) is 6.42 Å². The molecule has 1 radical (unpaired) electrons. The number of alkyl halides is 1. The van der Waals surface area contributed by atoms with E-state index >= 15 is 0 Å². The van der Waals surface area contributed by atoms with E-state index in [1.807, 2.05) is 0 Å². The summed E-state index contributed by atoms with van der Waals surface area (Å²) in [6, 6.07) is 0. The second kappa shape index (κ2) is 4.21. The molecule has 39 valence electrons. The van der Waals surface area contributed by atoms with Crippen LogP contribution in [0.1, 0.15) is 19.8 Å². The lowest BCUT2D eigenvalue weighted by molar-refractivity contribution is 0.847. The molecule has 0 saturated heterocycles. The van der Waals surface area contributed by atoms with Gasteiger partial charge in [-0.2, -0.15) is 0 Å². The smallest absolute Gasteiger partial charge is 0.0748 e. The molecular formula is C6H8Br. The van der Waals surface area contributed by atoms with E-state index in [1.54, 1.807) is 0 Å². The predicted molar refractivity (Wildman–Crippen MR) is 34.8 cm³/mol. The zero-order chi connectivity index (χ0) is 5.70. The molecule has 0 heterocycles. The average Bonchev–Trinajstić information content (AvgIpc) is 1.68. The molecule has 0 aliphatic heterocycles. The van der Waals surface area contributed by atoms with Gasteiger partial charge in [0.05, 0.1) is 4.83 Å². The molecule has 1 heteroatoms. The van der Waals surface area contributed by atoms with E-state index in [1.165, 1.54) is 0 Å². The Morgan fingerprint density at radius 3 is 2.57 bits per heavy atom. The molecule has 0 rings (SSSR count). The minimum absolute atomic E-state index is 0.178. The highest BCUT2D eigenvalue weighted by Crippen LogP contribution is 2.04. The zero-order valence-electron chi connectivity index (χ0n) is 4.37. The summed E-state index contributed by atoms with van der Waals surface area (Å²) in [5.74, 6) is 2.33. The topological polar surface area (TPSA) is 0 Å². The number of halogens is 1. The van der Waals surface area contributed by atoms with Gasteiger partial charge in [0.1, 0.15) is 0 Å². The molecule has 7 heavy (non-hydrogen) atoms. The van der Waals surface area contributed by atoms with Crippen LogP contribution < -0.4 is 0 Å². The van der Waals surface area contributed by atoms with Crippen LogP contribution in [-0.4, -0.2) is 4.83 Å². The van der Waals surface area contributed by atoms with Gasteiger partial charge in [-0.25, -0.2) is 0 Å². The Hall–Kier alpha value is 0.0400. The number of hydrogen-bond donors (Lipinski definition) is 0. The molecule has 0 aromatic rings. The Balaban J connectivity index is 3.04. The van der Waals surface area contributed by atoms with Gasteiger partial charge in [-0.05, 0) is 12.8 Å². The van der Waals surface area contributed by atoms with Crippen LogP contribution in [0.5, 0.6) is 0 Å². The zero-order valence-corrected chi connectivity index (χ0v) is 5.96. The molecule has 0 spiro atoms. The molecule has 0 aliphatic rings. The molecule has 0 fully saturated rings. The minimum Gasteiger partial charge on any atom is -0.0748 e. The molecule has 0 saturated carbocycles. The van der Waals surface area contributed by atoms with Gasteiger partial charge < -0.3 is 0 Å². The first-order valence-corrected chi connectivity index (χ1v) is 3.29. The third-order valence-corrected chi connectivity index (χ3v) is 1.39. The summed E-state index contributed by atoms with van der Waals surface area (Å²) < 4.78 is 0. The average molecular weight is 160 g/mol. The largest absolute Gasteiger partial charge is 0.0764 e. The molecule has 0 aromatic heterocycles. The molecule has 0 aliphatic carbocycles. The summed E-state index contributed by atoms with van der Waals surface area (Å²) in [7, 11) is 0. The van der Waals surface area contributed by atoms with Gasteiger partial charge >= 0.3 is 0 Å². The normalized spacial score (nSPS) is 12.7. The number of hydrogen-bond acceptors (Lipinski definition) is 0. The fourth-order valence-corrected chi connectivity index (χ4v) is 0.783. The van der Waals surface area contributed by atoms with E-state index in [0.29, 0.717) is 0 Å². The van der Waals surface area contributed by atoms with Crippen molar-refractivity contribution < 1.29 is 0 Å². The van der Waals surface area contributed by atoms with E-state index in [9.17, 15) is 0 Å². The lowest BCUT2D eigenvalue weighted by Gasteiger charge is -1.93. The molecule has 1 unspecified atom stereocenters. The van der Waals surface area contributed by atoms with Gasteiger partial charge in [-0.3, -0.25) is 0 Å². The summed E-state index contributed by atoms with van der Waals surface area (Å²) >= 11 is 3.24. The van der Waals surface area contributed by atoms with Crippen molar-refractivity contribution in [1.29, 1.82) is 0 Å². The van der Waals surface area contributed by atoms with Crippen LogP contribution in [0, 0.1) is 12.3 Å². The van der Waals surface area contributed by atoms with Crippen molar-refractivity contribution in [3.8, 4) is 5.92 Å². The van der Waals surface area contributed by atoms with Gasteiger partial charge in [0.15, 0.2) is 0 Å². The third kappa shape index (κ3) is 3.88. The SMILES string of the molecule is [C]#CC(Br)CCC. The van der Waals surface area contributed by atoms with Crippen LogP contribution in [0.2, 0.25) is 0 Å². The van der Waals surface area contributed by atoms with Crippen LogP contribution in [0.4, 0.5) is 0 Å². The van der Waals surface area contributed by atoms with Gasteiger partial charge in [-0.15, -0.1) is 0 Å². The van der Waals surface area contributed by atoms with Crippen molar-refractivity contribution in [1.82, 2.24) is 0 Å². The maximum Gasteiger partial charge on any atom is 0.0764 e. The molecular weight excluding hydrogens is 152 g/mol. The number of rotatable bonds is 2. The van der Waals surface area contributed by atoms with E-state index in [0.717, 1.165) is 12.8 Å². The summed E-state index contributed by atoms with van der Waals surface area (Å²) in [5, 5.41) is 0. The Morgan fingerprint density at radius 1 is 1.86 bits per heavy atom. The van der Waals surface area contributed by atoms with E-state index in [2.05, 4.69) is 28.8 Å². The Morgan fingerprint density at radius 2 is 2.43 bits per heavy atom. The van der Waals surface area contributed by atoms with Crippen LogP contribution in [-0.2, 0) is 0 Å². The van der Waals surface area contributed by atoms with Crippen molar-refractivity contribution in [2.24, 2.45) is 0 Å². The lowest BCUT2D eigenvalue weighted by Crippen LogP contribution is -1.88. The maximum absolute atomic E-state index is 6.62. The van der Waals surface area contributed by atoms with Crippen LogP contribution in [0.3, 0.4) is 0 Å². The Bertz CT molecular complexity index is 70.7. The summed E-state index contributed by atoms with van der Waals surface area (Å²) in [4.78, 5) is 0.178. The highest BCUT2D eigenvalue weighted by Gasteiger charge is 1.92. The molecule has 0 nitrogen and oxygen atoms in total. The quantitative estimate of drug-likeness (QED) is 0.428. The van der Waals surface area contributed by atoms with Crippen molar-refractivity contribution in [3.05, 3.63) is 6.42 Å². The fourth-order valence-electron chi connectivity index (χ4n) is 0.326. The van der Waals surface area contributed by atoms with Crippen molar-refractivity contribution in [2.45, 2.75) is 24.6 Å². The van der Waals surface area contributed by atoms with Crippen molar-refractivity contribution in [2.75, 3.05) is 0 Å². The first kappa shape index (κ1) is 7.04. The van der Waals surface area contributed by atoms with Gasteiger partial charge in [0.2, 0.25) is 0 Å². The van der Waals surface area contributed by atoms with E-state index in [-0.39, 0.29) is 4.83 Å². The lowest BCUT2D eigenvalue weighted by atomic mass is 10.3. The Kier molecular flexibility index (Phi) is 4.23. The molecule has 1 atom stereocenters. The van der Waals surface area contributed by atoms with Crippen molar-refractivity contribution >= 4 is 15.9 Å². The predicted octanol–water partition coefficient (Wildman–Crippen LogP) is 2.14. The molecule has 0 bridgehead atoms. The minimum atomic E-state index is 0.178. The van der Waals surface area contributed by atoms with Gasteiger partial charge in [0.25, 0.3) is 0 Å². The van der Waals surface area contributed by atoms with E-state index < -0.39 is 0 Å². The maximum atomic E-state index is 6.62. The highest BCUT2D eigenvalue weighted by molar-refractivity contribution is 9.09. The molecule has 0 aromatic carbocycles. The monoisotopic (exact) mass is 159 g/mol. The summed E-state index contributed by atoms with van der Waals surface area (Å²) in [5.41, 5.74) is 0. The molecule has 0 amide bonds. The second-order valence-electron chi connectivity index (χ2n) is 1.40. The third-order valence-electron chi connectivity index (χ3n) is 0.699. The highest BCUT2D eigenvalue weighted by atomic mass is 79.9. The van der Waals surface area contributed by atoms with Crippen LogP contribution >= 0.6 is 15.9 Å². The fraction of sp³-hybridized carbons (Fsp3) is 0.667. The van der Waals surface area contributed by atoms with Gasteiger partial charge in [-0.1, -0.05) is 35.2 Å².